The van der Waals surface area contributed by atoms with Gasteiger partial charge in [0.25, 0.3) is 0 Å². The van der Waals surface area contributed by atoms with Crippen LogP contribution in [0.4, 0.5) is 18.9 Å². The zero-order valence-corrected chi connectivity index (χ0v) is 10.8. The molecule has 2 aromatic rings. The minimum atomic E-state index is -4.29. The summed E-state index contributed by atoms with van der Waals surface area (Å²) in [6.45, 7) is 0. The van der Waals surface area contributed by atoms with Crippen molar-refractivity contribution in [2.45, 2.75) is 16.8 Å². The summed E-state index contributed by atoms with van der Waals surface area (Å²) in [6.07, 6.45) is -4.29. The highest BCUT2D eigenvalue weighted by molar-refractivity contribution is 7.98. The van der Waals surface area contributed by atoms with Gasteiger partial charge < -0.3 is 5.73 Å². The monoisotopic (exact) mass is 283 g/mol. The molecule has 100 valence electrons. The minimum Gasteiger partial charge on any atom is -0.399 e. The first-order chi connectivity index (χ1) is 8.95. The summed E-state index contributed by atoms with van der Waals surface area (Å²) in [4.78, 5) is 0.978. The fourth-order valence-electron chi connectivity index (χ4n) is 1.57. The van der Waals surface area contributed by atoms with E-state index < -0.39 is 11.7 Å². The number of hydrogen-bond acceptors (Lipinski definition) is 2. The van der Waals surface area contributed by atoms with Gasteiger partial charge in [0.2, 0.25) is 0 Å². The van der Waals surface area contributed by atoms with Gasteiger partial charge in [-0.15, -0.1) is 11.8 Å². The van der Waals surface area contributed by atoms with Crippen LogP contribution in [0, 0.1) is 0 Å². The fourth-order valence-corrected chi connectivity index (χ4v) is 2.41. The summed E-state index contributed by atoms with van der Waals surface area (Å²) in [5.41, 5.74) is 6.28. The Kier molecular flexibility index (Phi) is 4.04. The Hall–Kier alpha value is -1.62. The number of thioether (sulfide) groups is 1. The van der Waals surface area contributed by atoms with Crippen molar-refractivity contribution < 1.29 is 13.2 Å². The van der Waals surface area contributed by atoms with Crippen LogP contribution in [0.25, 0.3) is 0 Å². The van der Waals surface area contributed by atoms with Gasteiger partial charge in [0, 0.05) is 16.3 Å². The van der Waals surface area contributed by atoms with Gasteiger partial charge in [0.1, 0.15) is 0 Å². The van der Waals surface area contributed by atoms with E-state index in [2.05, 4.69) is 0 Å². The highest BCUT2D eigenvalue weighted by Crippen LogP contribution is 2.31. The molecule has 5 heteroatoms. The second-order valence-electron chi connectivity index (χ2n) is 4.06. The number of hydrogen-bond donors (Lipinski definition) is 1. The smallest absolute Gasteiger partial charge is 0.399 e. The van der Waals surface area contributed by atoms with Crippen molar-refractivity contribution in [1.29, 1.82) is 0 Å². The topological polar surface area (TPSA) is 26.0 Å². The standard InChI is InChI=1S/C14H12F3NS/c15-14(16,17)11-3-1-2-10(8-11)9-19-13-6-4-12(18)5-7-13/h1-8H,9,18H2. The number of alkyl halides is 3. The molecule has 0 radical (unpaired) electrons. The number of halogens is 3. The molecule has 2 rings (SSSR count). The van der Waals surface area contributed by atoms with Crippen LogP contribution in [0.5, 0.6) is 0 Å². The van der Waals surface area contributed by atoms with Crippen molar-refractivity contribution in [3.8, 4) is 0 Å². The van der Waals surface area contributed by atoms with E-state index in [1.807, 2.05) is 12.1 Å². The summed E-state index contributed by atoms with van der Waals surface area (Å²) in [6, 6.07) is 12.6. The molecular weight excluding hydrogens is 271 g/mol. The largest absolute Gasteiger partial charge is 0.416 e. The maximum Gasteiger partial charge on any atom is 0.416 e. The summed E-state index contributed by atoms with van der Waals surface area (Å²) in [5.74, 6) is 0.494. The number of benzene rings is 2. The molecule has 0 aliphatic rings. The van der Waals surface area contributed by atoms with E-state index in [0.29, 0.717) is 17.0 Å². The van der Waals surface area contributed by atoms with E-state index in [1.54, 1.807) is 18.2 Å². The molecule has 19 heavy (non-hydrogen) atoms. The molecule has 0 aromatic heterocycles. The number of nitrogens with two attached hydrogens (primary N) is 1. The van der Waals surface area contributed by atoms with Gasteiger partial charge in [-0.25, -0.2) is 0 Å². The molecule has 0 heterocycles. The molecule has 0 saturated heterocycles. The molecule has 0 bridgehead atoms. The third kappa shape index (κ3) is 3.92. The SMILES string of the molecule is Nc1ccc(SCc2cccc(C(F)(F)F)c2)cc1. The van der Waals surface area contributed by atoms with Crippen LogP contribution in [0.15, 0.2) is 53.4 Å². The van der Waals surface area contributed by atoms with Crippen LogP contribution in [0.2, 0.25) is 0 Å². The van der Waals surface area contributed by atoms with Crippen LogP contribution in [-0.4, -0.2) is 0 Å². The molecule has 1 nitrogen and oxygen atoms in total. The summed E-state index contributed by atoms with van der Waals surface area (Å²) in [7, 11) is 0. The Morgan fingerprint density at radius 3 is 2.32 bits per heavy atom. The number of nitrogen functional groups attached to an aromatic ring is 1. The van der Waals surface area contributed by atoms with Crippen molar-refractivity contribution >= 4 is 17.4 Å². The van der Waals surface area contributed by atoms with Crippen molar-refractivity contribution in [1.82, 2.24) is 0 Å². The average Bonchev–Trinajstić information content (AvgIpc) is 2.37. The van der Waals surface area contributed by atoms with Crippen molar-refractivity contribution in [2.75, 3.05) is 5.73 Å². The zero-order chi connectivity index (χ0) is 13.9. The number of anilines is 1. The number of rotatable bonds is 3. The van der Waals surface area contributed by atoms with Gasteiger partial charge in [-0.1, -0.05) is 18.2 Å². The van der Waals surface area contributed by atoms with Crippen molar-refractivity contribution in [2.24, 2.45) is 0 Å². The third-order valence-electron chi connectivity index (χ3n) is 2.54. The molecule has 0 saturated carbocycles. The predicted octanol–water partition coefficient (Wildman–Crippen LogP) is 4.58. The van der Waals surface area contributed by atoms with Crippen LogP contribution >= 0.6 is 11.8 Å². The van der Waals surface area contributed by atoms with Gasteiger partial charge in [0.05, 0.1) is 5.56 Å². The second kappa shape index (κ2) is 5.57. The molecule has 0 unspecified atom stereocenters. The van der Waals surface area contributed by atoms with E-state index in [-0.39, 0.29) is 0 Å². The third-order valence-corrected chi connectivity index (χ3v) is 3.62. The quantitative estimate of drug-likeness (QED) is 0.659. The molecule has 0 atom stereocenters. The van der Waals surface area contributed by atoms with Crippen LogP contribution in [-0.2, 0) is 11.9 Å². The summed E-state index contributed by atoms with van der Waals surface area (Å²) < 4.78 is 37.7. The summed E-state index contributed by atoms with van der Waals surface area (Å²) >= 11 is 1.48. The summed E-state index contributed by atoms with van der Waals surface area (Å²) in [5, 5.41) is 0. The van der Waals surface area contributed by atoms with Gasteiger partial charge in [-0.3, -0.25) is 0 Å². The lowest BCUT2D eigenvalue weighted by Crippen LogP contribution is -2.04. The highest BCUT2D eigenvalue weighted by Gasteiger charge is 2.30. The van der Waals surface area contributed by atoms with Crippen molar-refractivity contribution in [3.63, 3.8) is 0 Å². The van der Waals surface area contributed by atoms with Crippen molar-refractivity contribution in [3.05, 3.63) is 59.7 Å². The Labute approximate surface area is 113 Å². The maximum atomic E-state index is 12.6. The van der Waals surface area contributed by atoms with E-state index in [0.717, 1.165) is 11.0 Å². The highest BCUT2D eigenvalue weighted by atomic mass is 32.2. The molecule has 0 aliphatic carbocycles. The van der Waals surface area contributed by atoms with Crippen LogP contribution < -0.4 is 5.73 Å². The molecule has 2 N–H and O–H groups in total. The van der Waals surface area contributed by atoms with E-state index in [4.69, 9.17) is 5.73 Å². The van der Waals surface area contributed by atoms with E-state index in [1.165, 1.54) is 23.9 Å². The average molecular weight is 283 g/mol. The lowest BCUT2D eigenvalue weighted by Gasteiger charge is -2.08. The van der Waals surface area contributed by atoms with Gasteiger partial charge in [-0.05, 0) is 35.9 Å². The van der Waals surface area contributed by atoms with Gasteiger partial charge >= 0.3 is 6.18 Å². The molecule has 0 amide bonds. The Morgan fingerprint density at radius 1 is 1.00 bits per heavy atom. The lowest BCUT2D eigenvalue weighted by molar-refractivity contribution is -0.137. The Bertz CT molecular complexity index is 549. The van der Waals surface area contributed by atoms with E-state index in [9.17, 15) is 13.2 Å². The molecule has 2 aromatic carbocycles. The zero-order valence-electron chi connectivity index (χ0n) is 9.95. The fraction of sp³-hybridized carbons (Fsp3) is 0.143. The molecule has 0 spiro atoms. The van der Waals surface area contributed by atoms with Gasteiger partial charge in [-0.2, -0.15) is 13.2 Å². The lowest BCUT2D eigenvalue weighted by atomic mass is 10.1. The Morgan fingerprint density at radius 2 is 1.68 bits per heavy atom. The normalized spacial score (nSPS) is 11.5. The van der Waals surface area contributed by atoms with Gasteiger partial charge in [0.15, 0.2) is 0 Å². The molecular formula is C14H12F3NS. The predicted molar refractivity (Wildman–Crippen MR) is 71.9 cm³/mol. The first kappa shape index (κ1) is 13.8. The first-order valence-electron chi connectivity index (χ1n) is 5.59. The Balaban J connectivity index is 2.05. The molecule has 0 fully saturated rings. The second-order valence-corrected chi connectivity index (χ2v) is 5.10. The molecule has 0 aliphatic heterocycles. The van der Waals surface area contributed by atoms with E-state index >= 15 is 0 Å². The van der Waals surface area contributed by atoms with Crippen LogP contribution in [0.1, 0.15) is 11.1 Å². The maximum absolute atomic E-state index is 12.6. The van der Waals surface area contributed by atoms with Crippen LogP contribution in [0.3, 0.4) is 0 Å². The minimum absolute atomic E-state index is 0.494. The first-order valence-corrected chi connectivity index (χ1v) is 6.58.